The Balaban J connectivity index is -0.000000376. The average molecular weight is 343 g/mol. The minimum atomic E-state index is -0.833. The summed E-state index contributed by atoms with van der Waals surface area (Å²) in [6.07, 6.45) is 0.0392. The zero-order valence-electron chi connectivity index (χ0n) is 12.2. The minimum absolute atomic E-state index is 0. The molecule has 0 spiro atoms. The third-order valence-electron chi connectivity index (χ3n) is 1.93. The number of benzene rings is 1. The predicted molar refractivity (Wildman–Crippen MR) is 74.7 cm³/mol. The standard InChI is InChI=1S/C10H12O3.C2H6N.C2H6.Y/c1-7-4-8(6-11)2-3-9(7)5-10(12)13;1-2-3;1-2;/h2-4,11H,5-6H2,1H3,(H,12,13);3H,2H2,1H3;1-2H3;/q;-1;;. The molecule has 0 amide bonds. The van der Waals surface area contributed by atoms with Crippen molar-refractivity contribution in [3.05, 3.63) is 40.6 Å². The smallest absolute Gasteiger partial charge is 0.307 e. The first kappa shape index (κ1) is 23.8. The van der Waals surface area contributed by atoms with Gasteiger partial charge in [0.1, 0.15) is 0 Å². The molecule has 0 unspecified atom stereocenters. The minimum Gasteiger partial charge on any atom is -0.678 e. The van der Waals surface area contributed by atoms with Crippen LogP contribution in [0.15, 0.2) is 18.2 Å². The Morgan fingerprint density at radius 3 is 2.11 bits per heavy atom. The van der Waals surface area contributed by atoms with Crippen LogP contribution in [0.3, 0.4) is 0 Å². The van der Waals surface area contributed by atoms with Crippen molar-refractivity contribution in [2.24, 2.45) is 0 Å². The number of rotatable bonds is 3. The quantitative estimate of drug-likeness (QED) is 0.884. The van der Waals surface area contributed by atoms with Crippen LogP contribution in [0.2, 0.25) is 0 Å². The van der Waals surface area contributed by atoms with Crippen LogP contribution in [0, 0.1) is 6.92 Å². The van der Waals surface area contributed by atoms with E-state index in [2.05, 4.69) is 0 Å². The molecule has 1 aromatic carbocycles. The number of hydrogen-bond donors (Lipinski definition) is 2. The molecule has 0 heterocycles. The molecule has 19 heavy (non-hydrogen) atoms. The average Bonchev–Trinajstić information content (AvgIpc) is 2.35. The van der Waals surface area contributed by atoms with Crippen LogP contribution in [0.25, 0.3) is 5.73 Å². The molecule has 0 saturated carbocycles. The first-order chi connectivity index (χ1) is 8.54. The fourth-order valence-electron chi connectivity index (χ4n) is 1.22. The Bertz CT molecular complexity index is 343. The van der Waals surface area contributed by atoms with Gasteiger partial charge in [0.25, 0.3) is 0 Å². The summed E-state index contributed by atoms with van der Waals surface area (Å²) in [6, 6.07) is 5.29. The van der Waals surface area contributed by atoms with Gasteiger partial charge in [0.2, 0.25) is 0 Å². The van der Waals surface area contributed by atoms with Crippen LogP contribution in [0.5, 0.6) is 0 Å². The zero-order valence-corrected chi connectivity index (χ0v) is 15.1. The van der Waals surface area contributed by atoms with Gasteiger partial charge in [-0.05, 0) is 23.6 Å². The van der Waals surface area contributed by atoms with Crippen molar-refractivity contribution in [1.29, 1.82) is 0 Å². The van der Waals surface area contributed by atoms with Crippen LogP contribution >= 0.6 is 0 Å². The van der Waals surface area contributed by atoms with E-state index < -0.39 is 5.97 Å². The fraction of sp³-hybridized carbons (Fsp3) is 0.500. The molecule has 0 atom stereocenters. The number of aliphatic hydroxyl groups is 1. The molecule has 1 radical (unpaired) electrons. The second-order valence-electron chi connectivity index (χ2n) is 3.34. The van der Waals surface area contributed by atoms with Gasteiger partial charge in [-0.1, -0.05) is 39.0 Å². The van der Waals surface area contributed by atoms with E-state index in [0.717, 1.165) is 16.7 Å². The number of hydrogen-bond acceptors (Lipinski definition) is 2. The summed E-state index contributed by atoms with van der Waals surface area (Å²) in [5.74, 6) is -0.833. The van der Waals surface area contributed by atoms with Crippen LogP contribution in [0.4, 0.5) is 0 Å². The van der Waals surface area contributed by atoms with Gasteiger partial charge in [0.15, 0.2) is 0 Å². The summed E-state index contributed by atoms with van der Waals surface area (Å²) >= 11 is 0. The van der Waals surface area contributed by atoms with Crippen LogP contribution in [0.1, 0.15) is 37.5 Å². The summed E-state index contributed by atoms with van der Waals surface area (Å²) in [7, 11) is 0. The molecule has 4 nitrogen and oxygen atoms in total. The Morgan fingerprint density at radius 2 is 1.79 bits per heavy atom. The largest absolute Gasteiger partial charge is 0.678 e. The number of carboxylic acids is 1. The van der Waals surface area contributed by atoms with Gasteiger partial charge in [-0.2, -0.15) is 6.54 Å². The Labute approximate surface area is 141 Å². The molecular weight excluding hydrogens is 319 g/mol. The van der Waals surface area contributed by atoms with Crippen molar-refractivity contribution in [2.45, 2.75) is 40.7 Å². The molecule has 107 valence electrons. The van der Waals surface area contributed by atoms with E-state index in [1.807, 2.05) is 20.8 Å². The van der Waals surface area contributed by atoms with Crippen molar-refractivity contribution in [2.75, 3.05) is 6.54 Å². The second-order valence-corrected chi connectivity index (χ2v) is 3.34. The second kappa shape index (κ2) is 15.8. The SMILES string of the molecule is CC.CC[NH-].Cc1cc(CO)ccc1CC(=O)O.[Y]. The summed E-state index contributed by atoms with van der Waals surface area (Å²) in [4.78, 5) is 10.4. The summed E-state index contributed by atoms with van der Waals surface area (Å²) < 4.78 is 0. The van der Waals surface area contributed by atoms with E-state index >= 15 is 0 Å². The molecule has 5 heteroatoms. The number of nitrogens with one attached hydrogen (secondary N) is 1. The zero-order chi connectivity index (χ0) is 14.6. The third-order valence-corrected chi connectivity index (χ3v) is 1.93. The van der Waals surface area contributed by atoms with E-state index in [1.165, 1.54) is 0 Å². The molecule has 0 fully saturated rings. The molecule has 0 aliphatic heterocycles. The van der Waals surface area contributed by atoms with E-state index in [9.17, 15) is 4.79 Å². The van der Waals surface area contributed by atoms with Gasteiger partial charge < -0.3 is 15.9 Å². The van der Waals surface area contributed by atoms with E-state index in [4.69, 9.17) is 15.9 Å². The van der Waals surface area contributed by atoms with Crippen LogP contribution < -0.4 is 0 Å². The van der Waals surface area contributed by atoms with Gasteiger partial charge in [0.05, 0.1) is 13.0 Å². The van der Waals surface area contributed by atoms with Gasteiger partial charge in [0, 0.05) is 32.7 Å². The molecule has 3 N–H and O–H groups in total. The first-order valence-corrected chi connectivity index (χ1v) is 6.10. The van der Waals surface area contributed by atoms with Gasteiger partial charge >= 0.3 is 5.97 Å². The monoisotopic (exact) mass is 343 g/mol. The van der Waals surface area contributed by atoms with Crippen molar-refractivity contribution >= 4 is 5.97 Å². The van der Waals surface area contributed by atoms with Gasteiger partial charge in [-0.15, -0.1) is 0 Å². The summed E-state index contributed by atoms with van der Waals surface area (Å²) in [5, 5.41) is 17.4. The molecule has 1 aromatic rings. The summed E-state index contributed by atoms with van der Waals surface area (Å²) in [5.41, 5.74) is 8.73. The fourth-order valence-corrected chi connectivity index (χ4v) is 1.22. The Hall–Kier alpha value is -0.286. The van der Waals surface area contributed by atoms with Crippen LogP contribution in [-0.4, -0.2) is 22.7 Å². The summed E-state index contributed by atoms with van der Waals surface area (Å²) in [6.45, 7) is 8.13. The topological polar surface area (TPSA) is 81.3 Å². The van der Waals surface area contributed by atoms with E-state index in [1.54, 1.807) is 25.1 Å². The molecule has 1 rings (SSSR count). The molecule has 0 aliphatic rings. The van der Waals surface area contributed by atoms with Crippen molar-refractivity contribution in [3.63, 3.8) is 0 Å². The third kappa shape index (κ3) is 12.5. The van der Waals surface area contributed by atoms with Crippen LogP contribution in [-0.2, 0) is 50.5 Å². The molecule has 0 aromatic heterocycles. The van der Waals surface area contributed by atoms with Gasteiger partial charge in [-0.25, -0.2) is 0 Å². The molecular formula is C14H24NO3Y-. The Kier molecular flexibility index (Phi) is 19.7. The van der Waals surface area contributed by atoms with Crippen molar-refractivity contribution < 1.29 is 47.7 Å². The first-order valence-electron chi connectivity index (χ1n) is 6.10. The maximum Gasteiger partial charge on any atom is 0.307 e. The number of aliphatic hydroxyl groups excluding tert-OH is 1. The molecule has 0 bridgehead atoms. The van der Waals surface area contributed by atoms with E-state index in [0.29, 0.717) is 6.54 Å². The Morgan fingerprint density at radius 1 is 1.32 bits per heavy atom. The number of aryl methyl sites for hydroxylation is 1. The van der Waals surface area contributed by atoms with Gasteiger partial charge in [-0.3, -0.25) is 4.79 Å². The normalized spacial score (nSPS) is 8.11. The van der Waals surface area contributed by atoms with Crippen molar-refractivity contribution in [1.82, 2.24) is 0 Å². The van der Waals surface area contributed by atoms with E-state index in [-0.39, 0.29) is 45.7 Å². The maximum atomic E-state index is 10.4. The predicted octanol–water partition coefficient (Wildman–Crippen LogP) is 3.20. The maximum absolute atomic E-state index is 10.4. The molecule has 0 aliphatic carbocycles. The number of carbonyl (C=O) groups is 1. The number of carboxylic acid groups (broad SMARTS) is 1. The number of aliphatic carboxylic acids is 1. The van der Waals surface area contributed by atoms with Crippen molar-refractivity contribution in [3.8, 4) is 0 Å². The molecule has 0 saturated heterocycles.